The fraction of sp³-hybridized carbons (Fsp3) is 0.655. The Balaban J connectivity index is 1.17. The number of ether oxygens (including phenoxy) is 2. The van der Waals surface area contributed by atoms with Crippen LogP contribution in [-0.2, 0) is 33.4 Å². The molecular formula is C29H43N5O7. The summed E-state index contributed by atoms with van der Waals surface area (Å²) in [5.41, 5.74) is 0.801. The smallest absolute Gasteiger partial charge is 0.226 e. The third-order valence-electron chi connectivity index (χ3n) is 7.68. The van der Waals surface area contributed by atoms with Gasteiger partial charge < -0.3 is 30.3 Å². The van der Waals surface area contributed by atoms with Gasteiger partial charge in [0.25, 0.3) is 0 Å². The second-order valence-corrected chi connectivity index (χ2v) is 10.6. The Morgan fingerprint density at radius 2 is 1.68 bits per heavy atom. The van der Waals surface area contributed by atoms with E-state index < -0.39 is 5.92 Å². The van der Waals surface area contributed by atoms with Crippen LogP contribution in [0, 0.1) is 11.8 Å². The van der Waals surface area contributed by atoms with Gasteiger partial charge in [-0.1, -0.05) is 6.07 Å². The van der Waals surface area contributed by atoms with Crippen molar-refractivity contribution in [3.63, 3.8) is 0 Å². The van der Waals surface area contributed by atoms with Gasteiger partial charge in [-0.25, -0.2) is 0 Å². The number of rotatable bonds is 16. The lowest BCUT2D eigenvalue weighted by Crippen LogP contribution is -2.38. The molecule has 1 saturated heterocycles. The maximum Gasteiger partial charge on any atom is 0.226 e. The number of carbonyl (C=O) groups excluding carboxylic acids is 5. The van der Waals surface area contributed by atoms with E-state index in [1.165, 1.54) is 0 Å². The average molecular weight is 574 g/mol. The predicted octanol–water partition coefficient (Wildman–Crippen LogP) is 0.911. The summed E-state index contributed by atoms with van der Waals surface area (Å²) < 4.78 is 10.9. The highest BCUT2D eigenvalue weighted by Crippen LogP contribution is 2.36. The maximum atomic E-state index is 12.8. The highest BCUT2D eigenvalue weighted by Gasteiger charge is 2.42. The minimum atomic E-state index is -0.539. The standard InChI is InChI=1S/C29H43N5O7/c1-20(35)21-5-7-23(8-6-21)33-26(37)10-14-40-16-17-41-15-13-31-25(36)9-12-32-29(39)24-18-27(38)34(2)28(24)22-4-3-11-30-19-22/h3-4,11,19,21,23-24,28H,5-10,12-18H2,1-2H3,(H,31,36)(H,32,39)(H,33,37)/t21?,23?,24-,28+/m0/s1. The molecule has 1 aliphatic carbocycles. The van der Waals surface area contributed by atoms with E-state index in [1.54, 1.807) is 37.3 Å². The second-order valence-electron chi connectivity index (χ2n) is 10.6. The summed E-state index contributed by atoms with van der Waals surface area (Å²) in [5, 5.41) is 8.53. The highest BCUT2D eigenvalue weighted by molar-refractivity contribution is 5.90. The molecule has 1 aliphatic heterocycles. The number of amides is 4. The van der Waals surface area contributed by atoms with E-state index in [9.17, 15) is 24.0 Å². The summed E-state index contributed by atoms with van der Waals surface area (Å²) in [6.07, 6.45) is 7.15. The molecule has 0 bridgehead atoms. The second kappa shape index (κ2) is 16.8. The van der Waals surface area contributed by atoms with E-state index in [1.807, 2.05) is 6.07 Å². The number of ketones is 1. The number of Topliss-reactive ketones (excluding diaryl/α,β-unsaturated/α-hetero) is 1. The van der Waals surface area contributed by atoms with Crippen LogP contribution in [0.1, 0.15) is 63.5 Å². The molecule has 2 atom stereocenters. The monoisotopic (exact) mass is 573 g/mol. The minimum absolute atomic E-state index is 0.0477. The molecule has 2 heterocycles. The zero-order valence-electron chi connectivity index (χ0n) is 24.1. The summed E-state index contributed by atoms with van der Waals surface area (Å²) in [6.45, 7) is 3.42. The summed E-state index contributed by atoms with van der Waals surface area (Å²) in [6, 6.07) is 3.37. The van der Waals surface area contributed by atoms with Gasteiger partial charge in [0.2, 0.25) is 23.6 Å². The van der Waals surface area contributed by atoms with Crippen LogP contribution < -0.4 is 16.0 Å². The summed E-state index contributed by atoms with van der Waals surface area (Å²) in [7, 11) is 1.68. The van der Waals surface area contributed by atoms with Gasteiger partial charge in [-0.15, -0.1) is 0 Å². The molecule has 0 unspecified atom stereocenters. The molecule has 4 amide bonds. The van der Waals surface area contributed by atoms with E-state index >= 15 is 0 Å². The van der Waals surface area contributed by atoms with Gasteiger partial charge in [0.15, 0.2) is 0 Å². The molecule has 226 valence electrons. The number of likely N-dealkylation sites (tertiary alicyclic amines) is 1. The van der Waals surface area contributed by atoms with Gasteiger partial charge in [-0.3, -0.25) is 29.0 Å². The zero-order chi connectivity index (χ0) is 29.6. The molecule has 41 heavy (non-hydrogen) atoms. The normalized spacial score (nSPS) is 22.3. The minimum Gasteiger partial charge on any atom is -0.379 e. The third kappa shape index (κ3) is 10.5. The van der Waals surface area contributed by atoms with Gasteiger partial charge in [0.1, 0.15) is 5.78 Å². The van der Waals surface area contributed by atoms with E-state index in [2.05, 4.69) is 20.9 Å². The van der Waals surface area contributed by atoms with Crippen LogP contribution in [0.15, 0.2) is 24.5 Å². The number of pyridine rings is 1. The lowest BCUT2D eigenvalue weighted by molar-refractivity contribution is -0.128. The Morgan fingerprint density at radius 1 is 0.951 bits per heavy atom. The first-order valence-corrected chi connectivity index (χ1v) is 14.4. The summed E-state index contributed by atoms with van der Waals surface area (Å²) in [4.78, 5) is 66.3. The average Bonchev–Trinajstić information content (AvgIpc) is 3.26. The maximum absolute atomic E-state index is 12.8. The zero-order valence-corrected chi connectivity index (χ0v) is 24.1. The Morgan fingerprint density at radius 3 is 2.37 bits per heavy atom. The van der Waals surface area contributed by atoms with Crippen molar-refractivity contribution in [3.05, 3.63) is 30.1 Å². The largest absolute Gasteiger partial charge is 0.379 e. The molecular weight excluding hydrogens is 530 g/mol. The van der Waals surface area contributed by atoms with Crippen molar-refractivity contribution in [1.82, 2.24) is 25.8 Å². The molecule has 12 nitrogen and oxygen atoms in total. The van der Waals surface area contributed by atoms with Gasteiger partial charge in [0, 0.05) is 63.8 Å². The SMILES string of the molecule is CC(=O)C1CCC(NC(=O)CCOCCOCCNC(=O)CCNC(=O)[C@H]2CC(=O)N(C)[C@@H]2c2cccnc2)CC1. The molecule has 1 aromatic rings. The van der Waals surface area contributed by atoms with Gasteiger partial charge in [-0.05, 0) is 44.2 Å². The van der Waals surface area contributed by atoms with E-state index in [-0.39, 0.29) is 73.2 Å². The third-order valence-corrected chi connectivity index (χ3v) is 7.68. The molecule has 1 saturated carbocycles. The van der Waals surface area contributed by atoms with Gasteiger partial charge in [0.05, 0.1) is 38.4 Å². The number of nitrogens with zero attached hydrogens (tertiary/aromatic N) is 2. The molecule has 0 spiro atoms. The first-order valence-electron chi connectivity index (χ1n) is 14.4. The van der Waals surface area contributed by atoms with Gasteiger partial charge >= 0.3 is 0 Å². The molecule has 3 rings (SSSR count). The van der Waals surface area contributed by atoms with Gasteiger partial charge in [-0.2, -0.15) is 0 Å². The molecule has 2 fully saturated rings. The summed E-state index contributed by atoms with van der Waals surface area (Å²) >= 11 is 0. The molecule has 0 aromatic carbocycles. The number of hydrogen-bond acceptors (Lipinski definition) is 8. The quantitative estimate of drug-likeness (QED) is 0.247. The van der Waals surface area contributed by atoms with Crippen molar-refractivity contribution in [3.8, 4) is 0 Å². The van der Waals surface area contributed by atoms with Crippen LogP contribution in [-0.4, -0.2) is 91.9 Å². The first kappa shape index (κ1) is 32.1. The Kier molecular flexibility index (Phi) is 13.2. The van der Waals surface area contributed by atoms with Crippen molar-refractivity contribution in [2.45, 2.75) is 64.0 Å². The molecule has 1 aromatic heterocycles. The molecule has 2 aliphatic rings. The molecule has 0 radical (unpaired) electrons. The van der Waals surface area contributed by atoms with Crippen LogP contribution >= 0.6 is 0 Å². The van der Waals surface area contributed by atoms with Crippen LogP contribution in [0.2, 0.25) is 0 Å². The van der Waals surface area contributed by atoms with E-state index in [4.69, 9.17) is 9.47 Å². The fourth-order valence-corrected chi connectivity index (χ4v) is 5.32. The fourth-order valence-electron chi connectivity index (χ4n) is 5.32. The van der Waals surface area contributed by atoms with Crippen molar-refractivity contribution in [2.24, 2.45) is 11.8 Å². The van der Waals surface area contributed by atoms with Crippen molar-refractivity contribution >= 4 is 29.4 Å². The molecule has 3 N–H and O–H groups in total. The number of carbonyl (C=O) groups is 5. The Bertz CT molecular complexity index is 1030. The van der Waals surface area contributed by atoms with E-state index in [0.717, 1.165) is 31.2 Å². The Labute approximate surface area is 241 Å². The van der Waals surface area contributed by atoms with Crippen LogP contribution in [0.3, 0.4) is 0 Å². The summed E-state index contributed by atoms with van der Waals surface area (Å²) in [5.74, 6) is -0.795. The number of nitrogens with one attached hydrogen (secondary N) is 3. The van der Waals surface area contributed by atoms with Crippen LogP contribution in [0.5, 0.6) is 0 Å². The topological polar surface area (TPSA) is 156 Å². The van der Waals surface area contributed by atoms with Crippen molar-refractivity contribution in [1.29, 1.82) is 0 Å². The van der Waals surface area contributed by atoms with Crippen molar-refractivity contribution in [2.75, 3.05) is 46.6 Å². The number of hydrogen-bond donors (Lipinski definition) is 3. The van der Waals surface area contributed by atoms with E-state index in [0.29, 0.717) is 33.0 Å². The predicted molar refractivity (Wildman–Crippen MR) is 149 cm³/mol. The lowest BCUT2D eigenvalue weighted by Gasteiger charge is -2.27. The van der Waals surface area contributed by atoms with Crippen molar-refractivity contribution < 1.29 is 33.4 Å². The molecule has 12 heteroatoms. The van der Waals surface area contributed by atoms with Crippen LogP contribution in [0.25, 0.3) is 0 Å². The lowest BCUT2D eigenvalue weighted by atomic mass is 9.84. The Hall–Kier alpha value is -3.38. The van der Waals surface area contributed by atoms with Crippen LogP contribution in [0.4, 0.5) is 0 Å². The highest BCUT2D eigenvalue weighted by atomic mass is 16.5. The first-order chi connectivity index (χ1) is 19.8. The number of aromatic nitrogens is 1.